The van der Waals surface area contributed by atoms with E-state index in [0.717, 1.165) is 5.56 Å². The first-order chi connectivity index (χ1) is 6.59. The summed E-state index contributed by atoms with van der Waals surface area (Å²) in [5.41, 5.74) is 5.65. The maximum absolute atomic E-state index is 10.6. The third-order valence-electron chi connectivity index (χ3n) is 1.52. The van der Waals surface area contributed by atoms with E-state index in [1.165, 1.54) is 24.3 Å². The largest absolute Gasteiger partial charge is 0.366 e. The summed E-state index contributed by atoms with van der Waals surface area (Å²) in [4.78, 5) is 10.7. The average Bonchev–Trinajstić information content (AvgIpc) is 2.15. The van der Waals surface area contributed by atoms with E-state index in [1.54, 1.807) is 12.1 Å². The molecule has 0 saturated heterocycles. The molecule has 1 aromatic carbocycles. The Morgan fingerprint density at radius 1 is 1.36 bits per heavy atom. The summed E-state index contributed by atoms with van der Waals surface area (Å²) < 4.78 is 19.3. The van der Waals surface area contributed by atoms with Gasteiger partial charge in [0.15, 0.2) is 11.1 Å². The molecule has 74 valence electrons. The van der Waals surface area contributed by atoms with Gasteiger partial charge in [0.2, 0.25) is 5.91 Å². The molecule has 0 radical (unpaired) electrons. The molecule has 0 aromatic heterocycles. The highest BCUT2D eigenvalue weighted by atomic mass is 32.2. The van der Waals surface area contributed by atoms with E-state index < -0.39 is 17.0 Å². The highest BCUT2D eigenvalue weighted by molar-refractivity contribution is 7.79. The van der Waals surface area contributed by atoms with Crippen LogP contribution in [0.1, 0.15) is 5.56 Å². The lowest BCUT2D eigenvalue weighted by Gasteiger charge is -1.95. The zero-order valence-electron chi connectivity index (χ0n) is 7.21. The molecular weight excluding hydrogens is 202 g/mol. The van der Waals surface area contributed by atoms with Crippen molar-refractivity contribution in [3.8, 4) is 0 Å². The predicted octanol–water partition coefficient (Wildman–Crippen LogP) is 0.766. The van der Waals surface area contributed by atoms with Gasteiger partial charge in [0.25, 0.3) is 0 Å². The van der Waals surface area contributed by atoms with Gasteiger partial charge in [0.1, 0.15) is 0 Å². The fourth-order valence-corrected chi connectivity index (χ4v) is 1.24. The topological polar surface area (TPSA) is 80.4 Å². The lowest BCUT2D eigenvalue weighted by atomic mass is 10.2. The van der Waals surface area contributed by atoms with E-state index >= 15 is 0 Å². The van der Waals surface area contributed by atoms with Crippen molar-refractivity contribution in [1.82, 2.24) is 0 Å². The lowest BCUT2D eigenvalue weighted by molar-refractivity contribution is -0.113. The molecule has 0 aliphatic heterocycles. The van der Waals surface area contributed by atoms with Crippen molar-refractivity contribution < 1.29 is 13.6 Å². The van der Waals surface area contributed by atoms with E-state index in [2.05, 4.69) is 0 Å². The maximum atomic E-state index is 10.6. The number of hydrogen-bond acceptors (Lipinski definition) is 2. The quantitative estimate of drug-likeness (QED) is 0.572. The van der Waals surface area contributed by atoms with Crippen LogP contribution in [0.5, 0.6) is 0 Å². The molecule has 0 heterocycles. The molecule has 1 amide bonds. The summed E-state index contributed by atoms with van der Waals surface area (Å²) >= 11 is -1.97. The van der Waals surface area contributed by atoms with E-state index in [4.69, 9.17) is 10.3 Å². The first-order valence-electron chi connectivity index (χ1n) is 3.78. The van der Waals surface area contributed by atoms with E-state index in [1.807, 2.05) is 0 Å². The molecule has 0 saturated carbocycles. The van der Waals surface area contributed by atoms with Gasteiger partial charge in [-0.3, -0.25) is 4.79 Å². The molecule has 1 rings (SSSR count). The Balaban J connectivity index is 2.83. The second-order valence-corrected chi connectivity index (χ2v) is 3.52. The summed E-state index contributed by atoms with van der Waals surface area (Å²) in [7, 11) is 0. The SMILES string of the molecule is NC(=O)C=Cc1ccc(S(=O)O)cc1. The Kier molecular flexibility index (Phi) is 3.55. The van der Waals surface area contributed by atoms with Crippen molar-refractivity contribution >= 4 is 23.1 Å². The van der Waals surface area contributed by atoms with E-state index in [-0.39, 0.29) is 0 Å². The van der Waals surface area contributed by atoms with Crippen LogP contribution in [0.2, 0.25) is 0 Å². The predicted molar refractivity (Wildman–Crippen MR) is 53.7 cm³/mol. The van der Waals surface area contributed by atoms with Gasteiger partial charge in [-0.15, -0.1) is 0 Å². The molecule has 0 aliphatic carbocycles. The van der Waals surface area contributed by atoms with Crippen molar-refractivity contribution in [2.75, 3.05) is 0 Å². The van der Waals surface area contributed by atoms with E-state index in [0.29, 0.717) is 4.90 Å². The number of benzene rings is 1. The van der Waals surface area contributed by atoms with Crippen LogP contribution in [0.25, 0.3) is 6.08 Å². The summed E-state index contributed by atoms with van der Waals surface area (Å²) in [6.07, 6.45) is 2.76. The number of primary amides is 1. The van der Waals surface area contributed by atoms with Crippen LogP contribution in [0, 0.1) is 0 Å². The third-order valence-corrected chi connectivity index (χ3v) is 2.20. The van der Waals surface area contributed by atoms with Crippen LogP contribution in [0.4, 0.5) is 0 Å². The summed E-state index contributed by atoms with van der Waals surface area (Å²) in [5, 5.41) is 0. The smallest absolute Gasteiger partial charge is 0.241 e. The second kappa shape index (κ2) is 4.69. The van der Waals surface area contributed by atoms with Crippen molar-refractivity contribution in [3.05, 3.63) is 35.9 Å². The Morgan fingerprint density at radius 3 is 2.36 bits per heavy atom. The van der Waals surface area contributed by atoms with Crippen LogP contribution >= 0.6 is 0 Å². The molecule has 1 aromatic rings. The van der Waals surface area contributed by atoms with Gasteiger partial charge in [0, 0.05) is 6.08 Å². The van der Waals surface area contributed by atoms with Gasteiger partial charge >= 0.3 is 0 Å². The second-order valence-electron chi connectivity index (χ2n) is 2.55. The average molecular weight is 211 g/mol. The first kappa shape index (κ1) is 10.6. The zero-order chi connectivity index (χ0) is 10.6. The molecule has 0 aliphatic rings. The number of nitrogens with two attached hydrogens (primary N) is 1. The van der Waals surface area contributed by atoms with Gasteiger partial charge in [-0.2, -0.15) is 0 Å². The number of hydrogen-bond donors (Lipinski definition) is 2. The molecule has 1 atom stereocenters. The minimum absolute atomic E-state index is 0.321. The molecule has 0 spiro atoms. The van der Waals surface area contributed by atoms with Crippen LogP contribution in [-0.4, -0.2) is 14.7 Å². The Labute approximate surface area is 83.7 Å². The number of amides is 1. The van der Waals surface area contributed by atoms with Crippen molar-refractivity contribution in [2.24, 2.45) is 5.73 Å². The fraction of sp³-hybridized carbons (Fsp3) is 0. The van der Waals surface area contributed by atoms with Crippen LogP contribution < -0.4 is 5.73 Å². The fourth-order valence-electron chi connectivity index (χ4n) is 0.874. The van der Waals surface area contributed by atoms with Crippen LogP contribution in [0.15, 0.2) is 35.2 Å². The molecule has 0 fully saturated rings. The van der Waals surface area contributed by atoms with Gasteiger partial charge in [-0.1, -0.05) is 12.1 Å². The number of rotatable bonds is 3. The van der Waals surface area contributed by atoms with Crippen molar-refractivity contribution in [3.63, 3.8) is 0 Å². The zero-order valence-corrected chi connectivity index (χ0v) is 8.03. The normalized spacial score (nSPS) is 12.9. The van der Waals surface area contributed by atoms with Crippen molar-refractivity contribution in [1.29, 1.82) is 0 Å². The maximum Gasteiger partial charge on any atom is 0.241 e. The minimum Gasteiger partial charge on any atom is -0.366 e. The minimum atomic E-state index is -1.97. The van der Waals surface area contributed by atoms with Gasteiger partial charge in [0.05, 0.1) is 4.90 Å². The van der Waals surface area contributed by atoms with Gasteiger partial charge < -0.3 is 10.3 Å². The highest BCUT2D eigenvalue weighted by Crippen LogP contribution is 2.08. The Hall–Kier alpha value is -1.46. The molecule has 1 unspecified atom stereocenters. The molecule has 14 heavy (non-hydrogen) atoms. The van der Waals surface area contributed by atoms with Crippen LogP contribution in [-0.2, 0) is 15.9 Å². The summed E-state index contributed by atoms with van der Waals surface area (Å²) in [6, 6.07) is 6.28. The third kappa shape index (κ3) is 3.12. The molecule has 5 heteroatoms. The first-order valence-corrected chi connectivity index (χ1v) is 4.88. The Bertz CT molecular complexity index is 384. The Morgan fingerprint density at radius 2 is 1.93 bits per heavy atom. The van der Waals surface area contributed by atoms with E-state index in [9.17, 15) is 9.00 Å². The number of carbonyl (C=O) groups is 1. The van der Waals surface area contributed by atoms with Crippen LogP contribution in [0.3, 0.4) is 0 Å². The molecule has 0 bridgehead atoms. The van der Waals surface area contributed by atoms with Gasteiger partial charge in [-0.25, -0.2) is 4.21 Å². The standard InChI is InChI=1S/C9H9NO3S/c10-9(11)6-3-7-1-4-8(5-2-7)14(12)13/h1-6H,(H2,10,11)(H,12,13). The summed E-state index contributed by atoms with van der Waals surface area (Å²) in [5.74, 6) is -0.528. The summed E-state index contributed by atoms with van der Waals surface area (Å²) in [6.45, 7) is 0. The molecule has 4 nitrogen and oxygen atoms in total. The molecular formula is C9H9NO3S. The molecule has 3 N–H and O–H groups in total. The number of carbonyl (C=O) groups excluding carboxylic acids is 1. The van der Waals surface area contributed by atoms with Crippen molar-refractivity contribution in [2.45, 2.75) is 4.90 Å². The monoisotopic (exact) mass is 211 g/mol. The van der Waals surface area contributed by atoms with Gasteiger partial charge in [-0.05, 0) is 23.8 Å². The lowest BCUT2D eigenvalue weighted by Crippen LogP contribution is -2.05. The highest BCUT2D eigenvalue weighted by Gasteiger charge is 1.97.